The Morgan fingerprint density at radius 2 is 2.31 bits per heavy atom. The van der Waals surface area contributed by atoms with Gasteiger partial charge >= 0.3 is 0 Å². The maximum absolute atomic E-state index is 5.44. The molecule has 0 saturated heterocycles. The first-order valence-corrected chi connectivity index (χ1v) is 5.30. The van der Waals surface area contributed by atoms with Crippen LogP contribution >= 0.6 is 11.3 Å². The van der Waals surface area contributed by atoms with Crippen LogP contribution in [0.3, 0.4) is 0 Å². The summed E-state index contributed by atoms with van der Waals surface area (Å²) in [4.78, 5) is 0. The molecule has 2 heteroatoms. The molecule has 1 aromatic heterocycles. The van der Waals surface area contributed by atoms with Gasteiger partial charge in [0.05, 0.1) is 13.2 Å². The van der Waals surface area contributed by atoms with Gasteiger partial charge in [-0.2, -0.15) is 0 Å². The third-order valence-electron chi connectivity index (χ3n) is 2.75. The smallest absolute Gasteiger partial charge is 0.0727 e. The lowest BCUT2D eigenvalue weighted by Crippen LogP contribution is -1.87. The molecule has 1 nitrogen and oxygen atoms in total. The van der Waals surface area contributed by atoms with Gasteiger partial charge in [-0.1, -0.05) is 0 Å². The second-order valence-corrected chi connectivity index (χ2v) is 4.41. The molecule has 0 bridgehead atoms. The first-order valence-electron chi connectivity index (χ1n) is 4.42. The highest BCUT2D eigenvalue weighted by Gasteiger charge is 2.15. The Balaban J connectivity index is 2.45. The number of rotatable bonds is 0. The molecule has 1 aliphatic rings. The van der Waals surface area contributed by atoms with Gasteiger partial charge in [0.2, 0.25) is 0 Å². The number of thiophene rings is 1. The summed E-state index contributed by atoms with van der Waals surface area (Å²) in [6.45, 7) is 3.79. The number of hydrogen-bond donors (Lipinski definition) is 0. The van der Waals surface area contributed by atoms with Crippen LogP contribution in [-0.4, -0.2) is 0 Å². The summed E-state index contributed by atoms with van der Waals surface area (Å²) in [6.07, 6.45) is 0. The second-order valence-electron chi connectivity index (χ2n) is 3.46. The van der Waals surface area contributed by atoms with Gasteiger partial charge < -0.3 is 4.74 Å². The quantitative estimate of drug-likeness (QED) is 0.619. The monoisotopic (exact) mass is 190 g/mol. The molecule has 1 aromatic carbocycles. The number of hydrogen-bond acceptors (Lipinski definition) is 2. The van der Waals surface area contributed by atoms with Gasteiger partial charge in [-0.05, 0) is 46.5 Å². The van der Waals surface area contributed by atoms with Crippen molar-refractivity contribution in [3.8, 4) is 0 Å². The molecule has 0 unspecified atom stereocenters. The Morgan fingerprint density at radius 3 is 3.23 bits per heavy atom. The van der Waals surface area contributed by atoms with Crippen molar-refractivity contribution in [2.24, 2.45) is 0 Å². The molecule has 1 aliphatic heterocycles. The molecule has 0 atom stereocenters. The normalized spacial score (nSPS) is 15.2. The summed E-state index contributed by atoms with van der Waals surface area (Å²) in [5.41, 5.74) is 4.20. The zero-order valence-corrected chi connectivity index (χ0v) is 8.28. The van der Waals surface area contributed by atoms with E-state index >= 15 is 0 Å². The first-order chi connectivity index (χ1) is 6.36. The summed E-state index contributed by atoms with van der Waals surface area (Å²) < 4.78 is 6.83. The van der Waals surface area contributed by atoms with Gasteiger partial charge in [-0.25, -0.2) is 0 Å². The summed E-state index contributed by atoms with van der Waals surface area (Å²) in [6, 6.07) is 4.48. The van der Waals surface area contributed by atoms with Gasteiger partial charge in [0.1, 0.15) is 0 Å². The summed E-state index contributed by atoms with van der Waals surface area (Å²) in [5.74, 6) is 0. The van der Waals surface area contributed by atoms with Crippen molar-refractivity contribution in [1.82, 2.24) is 0 Å². The first kappa shape index (κ1) is 7.54. The molecule has 2 aromatic rings. The topological polar surface area (TPSA) is 9.23 Å². The number of fused-ring (bicyclic) bond motifs is 2. The van der Waals surface area contributed by atoms with E-state index in [1.807, 2.05) is 11.3 Å². The SMILES string of the molecule is Cc1c2c(cc3sccc13)COC2. The molecule has 0 fully saturated rings. The van der Waals surface area contributed by atoms with Crippen molar-refractivity contribution in [3.05, 3.63) is 34.2 Å². The van der Waals surface area contributed by atoms with Crippen molar-refractivity contribution in [2.45, 2.75) is 20.1 Å². The highest BCUT2D eigenvalue weighted by molar-refractivity contribution is 7.17. The van der Waals surface area contributed by atoms with Crippen LogP contribution in [-0.2, 0) is 18.0 Å². The standard InChI is InChI=1S/C11H10OS/c1-7-9-2-3-13-11(9)4-8-5-12-6-10(7)8/h2-4H,5-6H2,1H3. The molecule has 0 radical (unpaired) electrons. The average molecular weight is 190 g/mol. The lowest BCUT2D eigenvalue weighted by Gasteiger charge is -2.03. The minimum absolute atomic E-state index is 0.796. The van der Waals surface area contributed by atoms with Crippen LogP contribution in [0.5, 0.6) is 0 Å². The van der Waals surface area contributed by atoms with E-state index in [1.165, 1.54) is 26.8 Å². The largest absolute Gasteiger partial charge is 0.372 e. The molecule has 66 valence electrons. The maximum Gasteiger partial charge on any atom is 0.0727 e. The predicted octanol–water partition coefficient (Wildman–Crippen LogP) is 3.24. The van der Waals surface area contributed by atoms with Crippen molar-refractivity contribution < 1.29 is 4.74 Å². The van der Waals surface area contributed by atoms with E-state index in [-0.39, 0.29) is 0 Å². The van der Waals surface area contributed by atoms with Crippen LogP contribution in [0.2, 0.25) is 0 Å². The number of benzene rings is 1. The van der Waals surface area contributed by atoms with Crippen LogP contribution in [0.25, 0.3) is 10.1 Å². The van der Waals surface area contributed by atoms with E-state index in [0.29, 0.717) is 0 Å². The van der Waals surface area contributed by atoms with Crippen molar-refractivity contribution in [3.63, 3.8) is 0 Å². The molecule has 2 heterocycles. The lowest BCUT2D eigenvalue weighted by atomic mass is 10.0. The Morgan fingerprint density at radius 1 is 1.38 bits per heavy atom. The lowest BCUT2D eigenvalue weighted by molar-refractivity contribution is 0.134. The van der Waals surface area contributed by atoms with Crippen molar-refractivity contribution in [1.29, 1.82) is 0 Å². The molecule has 0 spiro atoms. The van der Waals surface area contributed by atoms with E-state index in [4.69, 9.17) is 4.74 Å². The minimum atomic E-state index is 0.796. The van der Waals surface area contributed by atoms with Gasteiger partial charge in [-0.3, -0.25) is 0 Å². The summed E-state index contributed by atoms with van der Waals surface area (Å²) in [7, 11) is 0. The fourth-order valence-corrected chi connectivity index (χ4v) is 2.89. The zero-order chi connectivity index (χ0) is 8.84. The molecular formula is C11H10OS. The molecule has 13 heavy (non-hydrogen) atoms. The van der Waals surface area contributed by atoms with E-state index in [0.717, 1.165) is 13.2 Å². The van der Waals surface area contributed by atoms with E-state index in [2.05, 4.69) is 24.4 Å². The second kappa shape index (κ2) is 2.56. The van der Waals surface area contributed by atoms with Crippen LogP contribution in [0.4, 0.5) is 0 Å². The molecule has 3 rings (SSSR count). The molecular weight excluding hydrogens is 180 g/mol. The van der Waals surface area contributed by atoms with Gasteiger partial charge in [-0.15, -0.1) is 11.3 Å². The highest BCUT2D eigenvalue weighted by atomic mass is 32.1. The highest BCUT2D eigenvalue weighted by Crippen LogP contribution is 2.32. The number of ether oxygens (including phenoxy) is 1. The Labute approximate surface area is 81.0 Å². The Hall–Kier alpha value is -0.860. The Kier molecular flexibility index (Phi) is 1.49. The molecule has 0 amide bonds. The average Bonchev–Trinajstić information content (AvgIpc) is 2.71. The Bertz CT molecular complexity index is 470. The van der Waals surface area contributed by atoms with Crippen LogP contribution in [0.1, 0.15) is 16.7 Å². The van der Waals surface area contributed by atoms with E-state index < -0.39 is 0 Å². The third kappa shape index (κ3) is 0.960. The van der Waals surface area contributed by atoms with E-state index in [1.54, 1.807) is 0 Å². The van der Waals surface area contributed by atoms with Gasteiger partial charge in [0.25, 0.3) is 0 Å². The molecule has 0 aliphatic carbocycles. The molecule has 0 N–H and O–H groups in total. The fourth-order valence-electron chi connectivity index (χ4n) is 1.98. The summed E-state index contributed by atoms with van der Waals surface area (Å²) in [5, 5.41) is 3.56. The predicted molar refractivity (Wildman–Crippen MR) is 55.1 cm³/mol. The van der Waals surface area contributed by atoms with Crippen molar-refractivity contribution >= 4 is 21.4 Å². The van der Waals surface area contributed by atoms with E-state index in [9.17, 15) is 0 Å². The van der Waals surface area contributed by atoms with Crippen LogP contribution in [0.15, 0.2) is 17.5 Å². The maximum atomic E-state index is 5.44. The number of aryl methyl sites for hydroxylation is 1. The summed E-state index contributed by atoms with van der Waals surface area (Å²) >= 11 is 1.81. The van der Waals surface area contributed by atoms with Crippen molar-refractivity contribution in [2.75, 3.05) is 0 Å². The van der Waals surface area contributed by atoms with Gasteiger partial charge in [0, 0.05) is 4.70 Å². The van der Waals surface area contributed by atoms with Gasteiger partial charge in [0.15, 0.2) is 0 Å². The third-order valence-corrected chi connectivity index (χ3v) is 3.61. The minimum Gasteiger partial charge on any atom is -0.372 e. The fraction of sp³-hybridized carbons (Fsp3) is 0.273. The molecule has 0 saturated carbocycles. The zero-order valence-electron chi connectivity index (χ0n) is 7.46. The van der Waals surface area contributed by atoms with Crippen LogP contribution < -0.4 is 0 Å². The van der Waals surface area contributed by atoms with Crippen LogP contribution in [0, 0.1) is 6.92 Å².